The van der Waals surface area contributed by atoms with Crippen LogP contribution in [0.2, 0.25) is 0 Å². The number of hydrogen-bond donors (Lipinski definition) is 0. The van der Waals surface area contributed by atoms with Crippen LogP contribution in [0.3, 0.4) is 0 Å². The number of pyridine rings is 1. The number of nitrogens with zero attached hydrogens (tertiary/aromatic N) is 3. The molecular weight excluding hydrogens is 326 g/mol. The van der Waals surface area contributed by atoms with Crippen LogP contribution >= 0.6 is 0 Å². The Kier molecular flexibility index (Phi) is 5.22. The zero-order valence-corrected chi connectivity index (χ0v) is 15.9. The van der Waals surface area contributed by atoms with Crippen LogP contribution in [-0.4, -0.2) is 56.1 Å². The van der Waals surface area contributed by atoms with Gasteiger partial charge in [0.15, 0.2) is 14.9 Å². The molecule has 1 aliphatic heterocycles. The van der Waals surface area contributed by atoms with Gasteiger partial charge in [-0.2, -0.15) is 0 Å². The van der Waals surface area contributed by atoms with E-state index < -0.39 is 14.6 Å². The molecule has 0 bridgehead atoms. The van der Waals surface area contributed by atoms with Crippen molar-refractivity contribution in [1.82, 2.24) is 9.88 Å². The van der Waals surface area contributed by atoms with Crippen molar-refractivity contribution in [1.29, 1.82) is 0 Å². The summed E-state index contributed by atoms with van der Waals surface area (Å²) in [5.41, 5.74) is 0.860. The Morgan fingerprint density at radius 3 is 2.46 bits per heavy atom. The molecule has 1 amide bonds. The van der Waals surface area contributed by atoms with Crippen LogP contribution in [-0.2, 0) is 14.6 Å². The Bertz CT molecular complexity index is 691. The quantitative estimate of drug-likeness (QED) is 0.831. The van der Waals surface area contributed by atoms with Crippen LogP contribution in [0.1, 0.15) is 33.6 Å². The molecule has 134 valence electrons. The first-order valence-electron chi connectivity index (χ1n) is 8.21. The topological polar surface area (TPSA) is 70.6 Å². The summed E-state index contributed by atoms with van der Waals surface area (Å²) in [4.78, 5) is 20.1. The first-order valence-corrected chi connectivity index (χ1v) is 9.69. The number of sulfone groups is 1. The van der Waals surface area contributed by atoms with Gasteiger partial charge in [0.25, 0.3) is 0 Å². The number of piperidine rings is 1. The first kappa shape index (κ1) is 18.7. The van der Waals surface area contributed by atoms with E-state index >= 15 is 0 Å². The number of rotatable bonds is 3. The maximum absolute atomic E-state index is 12.4. The molecule has 1 fully saturated rings. The van der Waals surface area contributed by atoms with Crippen LogP contribution in [0, 0.1) is 5.92 Å². The van der Waals surface area contributed by atoms with E-state index in [1.165, 1.54) is 0 Å². The molecule has 7 heteroatoms. The molecule has 0 aromatic carbocycles. The molecule has 1 aliphatic rings. The molecule has 0 saturated carbocycles. The molecule has 0 N–H and O–H groups in total. The van der Waals surface area contributed by atoms with Crippen molar-refractivity contribution >= 4 is 21.4 Å². The third-order valence-corrected chi connectivity index (χ3v) is 6.78. The summed E-state index contributed by atoms with van der Waals surface area (Å²) in [6.45, 7) is 6.49. The fourth-order valence-corrected chi connectivity index (χ4v) is 3.88. The van der Waals surface area contributed by atoms with Gasteiger partial charge in [0.05, 0.1) is 22.5 Å². The molecule has 24 heavy (non-hydrogen) atoms. The second-order valence-corrected chi connectivity index (χ2v) is 10.1. The molecule has 1 atom stereocenters. The molecule has 2 heterocycles. The Morgan fingerprint density at radius 1 is 1.29 bits per heavy atom. The van der Waals surface area contributed by atoms with Gasteiger partial charge in [-0.1, -0.05) is 0 Å². The number of carbonyl (C=O) groups excluding carboxylic acids is 1. The summed E-state index contributed by atoms with van der Waals surface area (Å²) in [6.07, 6.45) is 3.42. The van der Waals surface area contributed by atoms with Crippen molar-refractivity contribution < 1.29 is 13.2 Å². The number of aromatic nitrogens is 1. The zero-order chi connectivity index (χ0) is 18.1. The predicted octanol–water partition coefficient (Wildman–Crippen LogP) is 1.96. The summed E-state index contributed by atoms with van der Waals surface area (Å²) in [7, 11) is 0.0958. The van der Waals surface area contributed by atoms with Crippen LogP contribution in [0.4, 0.5) is 5.69 Å². The molecule has 2 rings (SSSR count). The van der Waals surface area contributed by atoms with E-state index in [1.807, 2.05) is 0 Å². The number of hydrogen-bond acceptors (Lipinski definition) is 5. The molecule has 6 nitrogen and oxygen atoms in total. The van der Waals surface area contributed by atoms with E-state index in [1.54, 1.807) is 58.1 Å². The molecule has 0 aliphatic carbocycles. The maximum Gasteiger partial charge on any atom is 0.226 e. The molecule has 1 aromatic heterocycles. The lowest BCUT2D eigenvalue weighted by Gasteiger charge is -2.34. The van der Waals surface area contributed by atoms with E-state index in [4.69, 9.17) is 0 Å². The smallest absolute Gasteiger partial charge is 0.226 e. The average molecular weight is 353 g/mol. The molecule has 0 radical (unpaired) electrons. The molecule has 0 spiro atoms. The van der Waals surface area contributed by atoms with Crippen molar-refractivity contribution in [3.63, 3.8) is 0 Å². The fraction of sp³-hybridized carbons (Fsp3) is 0.647. The molecule has 1 saturated heterocycles. The highest BCUT2D eigenvalue weighted by Gasteiger charge is 2.32. The highest BCUT2D eigenvalue weighted by molar-refractivity contribution is 7.92. The molecular formula is C17H27N3O3S. The summed E-state index contributed by atoms with van der Waals surface area (Å²) in [5.74, 6) is 0.117. The van der Waals surface area contributed by atoms with Gasteiger partial charge in [-0.05, 0) is 45.7 Å². The Hall–Kier alpha value is -1.63. The highest BCUT2D eigenvalue weighted by Crippen LogP contribution is 2.27. The van der Waals surface area contributed by atoms with Gasteiger partial charge in [-0.3, -0.25) is 4.79 Å². The molecule has 1 unspecified atom stereocenters. The van der Waals surface area contributed by atoms with E-state index in [0.717, 1.165) is 25.1 Å². The number of anilines is 1. The average Bonchev–Trinajstić information content (AvgIpc) is 2.53. The van der Waals surface area contributed by atoms with Gasteiger partial charge >= 0.3 is 0 Å². The lowest BCUT2D eigenvalue weighted by molar-refractivity contribution is -0.133. The summed E-state index contributed by atoms with van der Waals surface area (Å²) in [6, 6.07) is 3.35. The van der Waals surface area contributed by atoms with Crippen LogP contribution in [0.25, 0.3) is 0 Å². The fourth-order valence-electron chi connectivity index (χ4n) is 2.81. The zero-order valence-electron chi connectivity index (χ0n) is 15.1. The van der Waals surface area contributed by atoms with Gasteiger partial charge < -0.3 is 9.80 Å². The summed E-state index contributed by atoms with van der Waals surface area (Å²) < 4.78 is 24.0. The maximum atomic E-state index is 12.4. The van der Waals surface area contributed by atoms with E-state index in [0.29, 0.717) is 6.54 Å². The summed E-state index contributed by atoms with van der Waals surface area (Å²) >= 11 is 0. The molecule has 1 aromatic rings. The second-order valence-electron chi connectivity index (χ2n) is 7.49. The van der Waals surface area contributed by atoms with Crippen LogP contribution in [0.5, 0.6) is 0 Å². The second kappa shape index (κ2) is 6.70. The largest absolute Gasteiger partial charge is 0.369 e. The van der Waals surface area contributed by atoms with Gasteiger partial charge in [0.2, 0.25) is 5.91 Å². The number of carbonyl (C=O) groups is 1. The lowest BCUT2D eigenvalue weighted by Crippen LogP contribution is -2.42. The van der Waals surface area contributed by atoms with Crippen molar-refractivity contribution in [3.8, 4) is 0 Å². The predicted molar refractivity (Wildman–Crippen MR) is 94.8 cm³/mol. The minimum atomic E-state index is -3.45. The first-order chi connectivity index (χ1) is 11.0. The van der Waals surface area contributed by atoms with E-state index in [-0.39, 0.29) is 16.9 Å². The SMILES string of the molecule is CN(C)C(=O)C1CCCN(c2ccc(S(=O)(=O)C(C)(C)C)nc2)C1. The van der Waals surface area contributed by atoms with E-state index in [2.05, 4.69) is 9.88 Å². The Balaban J connectivity index is 2.18. The Labute approximate surface area is 144 Å². The standard InChI is InChI=1S/C17H27N3O3S/c1-17(2,3)24(22,23)15-9-8-14(11-18-15)20-10-6-7-13(12-20)16(21)19(4)5/h8-9,11,13H,6-7,10,12H2,1-5H3. The minimum absolute atomic E-state index is 0.0215. The summed E-state index contributed by atoms with van der Waals surface area (Å²) in [5, 5.41) is 0.0941. The van der Waals surface area contributed by atoms with Gasteiger partial charge in [-0.25, -0.2) is 13.4 Å². The monoisotopic (exact) mass is 353 g/mol. The minimum Gasteiger partial charge on any atom is -0.369 e. The van der Waals surface area contributed by atoms with Crippen molar-refractivity contribution in [3.05, 3.63) is 18.3 Å². The lowest BCUT2D eigenvalue weighted by atomic mass is 9.96. The van der Waals surface area contributed by atoms with Gasteiger partial charge in [0.1, 0.15) is 0 Å². The van der Waals surface area contributed by atoms with Gasteiger partial charge in [0, 0.05) is 27.2 Å². The van der Waals surface area contributed by atoms with Gasteiger partial charge in [-0.15, -0.1) is 0 Å². The Morgan fingerprint density at radius 2 is 1.96 bits per heavy atom. The van der Waals surface area contributed by atoms with Crippen molar-refractivity contribution in [2.75, 3.05) is 32.1 Å². The van der Waals surface area contributed by atoms with E-state index in [9.17, 15) is 13.2 Å². The van der Waals surface area contributed by atoms with Crippen LogP contribution < -0.4 is 4.90 Å². The highest BCUT2D eigenvalue weighted by atomic mass is 32.2. The van der Waals surface area contributed by atoms with Crippen LogP contribution in [0.15, 0.2) is 23.4 Å². The van der Waals surface area contributed by atoms with Crippen molar-refractivity contribution in [2.24, 2.45) is 5.92 Å². The van der Waals surface area contributed by atoms with Crippen molar-refractivity contribution in [2.45, 2.75) is 43.4 Å². The third kappa shape index (κ3) is 3.71. The normalized spacial score (nSPS) is 19.2. The third-order valence-electron chi connectivity index (χ3n) is 4.38. The number of amides is 1.